The predicted octanol–water partition coefficient (Wildman–Crippen LogP) is 2.82. The zero-order valence-corrected chi connectivity index (χ0v) is 11.9. The van der Waals surface area contributed by atoms with Gasteiger partial charge in [-0.15, -0.1) is 0 Å². The summed E-state index contributed by atoms with van der Waals surface area (Å²) < 4.78 is -0.137. The van der Waals surface area contributed by atoms with Crippen molar-refractivity contribution in [3.05, 3.63) is 0 Å². The summed E-state index contributed by atoms with van der Waals surface area (Å²) in [6, 6.07) is 1.12. The average Bonchev–Trinajstić information content (AvgIpc) is 2.24. The van der Waals surface area contributed by atoms with Gasteiger partial charge in [0.05, 0.1) is 0 Å². The number of alkyl halides is 2. The molecule has 4 heteroatoms. The molecule has 78 valence electrons. The van der Waals surface area contributed by atoms with Gasteiger partial charge in [-0.25, -0.2) is 0 Å². The van der Waals surface area contributed by atoms with Crippen LogP contribution in [0, 0.1) is 0 Å². The minimum Gasteiger partial charge on any atom is -0.263 e. The van der Waals surface area contributed by atoms with E-state index in [-0.39, 0.29) is 3.48 Å². The van der Waals surface area contributed by atoms with E-state index in [1.165, 1.54) is 0 Å². The van der Waals surface area contributed by atoms with Crippen LogP contribution in [-0.4, -0.2) is 38.5 Å². The summed E-state index contributed by atoms with van der Waals surface area (Å²) in [6.45, 7) is 11.1. The number of hydrogen-bond acceptors (Lipinski definition) is 2. The van der Waals surface area contributed by atoms with Crippen LogP contribution in [-0.2, 0) is 0 Å². The SMILES string of the molecule is CC(C)N1CCN(C(C)C)C1(Br)Br. The number of rotatable bonds is 2. The highest BCUT2D eigenvalue weighted by Crippen LogP contribution is 2.41. The molecule has 2 nitrogen and oxygen atoms in total. The summed E-state index contributed by atoms with van der Waals surface area (Å²) in [5.74, 6) is 0. The van der Waals surface area contributed by atoms with Gasteiger partial charge in [0.25, 0.3) is 0 Å². The molecule has 0 N–H and O–H groups in total. The van der Waals surface area contributed by atoms with Gasteiger partial charge in [0, 0.05) is 25.2 Å². The molecule has 1 rings (SSSR count). The van der Waals surface area contributed by atoms with Crippen LogP contribution in [0.15, 0.2) is 0 Å². The first-order valence-corrected chi connectivity index (χ1v) is 6.37. The molecule has 0 radical (unpaired) electrons. The van der Waals surface area contributed by atoms with E-state index in [2.05, 4.69) is 69.4 Å². The quantitative estimate of drug-likeness (QED) is 0.571. The fourth-order valence-electron chi connectivity index (χ4n) is 1.79. The Morgan fingerprint density at radius 1 is 0.923 bits per heavy atom. The van der Waals surface area contributed by atoms with Gasteiger partial charge >= 0.3 is 0 Å². The van der Waals surface area contributed by atoms with E-state index in [0.29, 0.717) is 12.1 Å². The van der Waals surface area contributed by atoms with E-state index in [1.54, 1.807) is 0 Å². The summed E-state index contributed by atoms with van der Waals surface area (Å²) in [4.78, 5) is 4.82. The Labute approximate surface area is 97.9 Å². The normalized spacial score (nSPS) is 24.9. The zero-order chi connectivity index (χ0) is 10.2. The van der Waals surface area contributed by atoms with Crippen molar-refractivity contribution in [3.8, 4) is 0 Å². The first kappa shape index (κ1) is 12.0. The van der Waals surface area contributed by atoms with Gasteiger partial charge in [-0.3, -0.25) is 9.80 Å². The van der Waals surface area contributed by atoms with Gasteiger partial charge in [-0.05, 0) is 59.6 Å². The van der Waals surface area contributed by atoms with E-state index in [4.69, 9.17) is 0 Å². The summed E-state index contributed by atoms with van der Waals surface area (Å²) in [6.07, 6.45) is 0. The maximum atomic E-state index is 3.74. The Morgan fingerprint density at radius 3 is 1.38 bits per heavy atom. The third-order valence-corrected chi connectivity index (χ3v) is 4.34. The molecule has 13 heavy (non-hydrogen) atoms. The van der Waals surface area contributed by atoms with Crippen LogP contribution >= 0.6 is 31.9 Å². The third-order valence-electron chi connectivity index (χ3n) is 2.52. The number of hydrogen-bond donors (Lipinski definition) is 0. The molecule has 0 aromatic rings. The van der Waals surface area contributed by atoms with Crippen molar-refractivity contribution >= 4 is 31.9 Å². The zero-order valence-electron chi connectivity index (χ0n) is 8.72. The van der Waals surface area contributed by atoms with Crippen LogP contribution < -0.4 is 0 Å². The van der Waals surface area contributed by atoms with Crippen LogP contribution in [0.3, 0.4) is 0 Å². The molecule has 0 bridgehead atoms. The van der Waals surface area contributed by atoms with Crippen LogP contribution in [0.25, 0.3) is 0 Å². The summed E-state index contributed by atoms with van der Waals surface area (Å²) >= 11 is 7.49. The highest BCUT2D eigenvalue weighted by atomic mass is 79.9. The molecule has 0 aromatic heterocycles. The van der Waals surface area contributed by atoms with Crippen molar-refractivity contribution in [2.24, 2.45) is 0 Å². The Hall–Kier alpha value is 0.880. The monoisotopic (exact) mass is 312 g/mol. The second-order valence-electron chi connectivity index (χ2n) is 4.08. The lowest BCUT2D eigenvalue weighted by Gasteiger charge is -2.38. The van der Waals surface area contributed by atoms with Gasteiger partial charge in [0.15, 0.2) is 3.48 Å². The summed E-state index contributed by atoms with van der Waals surface area (Å²) in [5, 5.41) is 0. The molecular weight excluding hydrogens is 296 g/mol. The third kappa shape index (κ3) is 2.28. The fraction of sp³-hybridized carbons (Fsp3) is 1.00. The van der Waals surface area contributed by atoms with Gasteiger partial charge in [-0.1, -0.05) is 0 Å². The molecule has 0 saturated carbocycles. The second kappa shape index (κ2) is 4.17. The molecule has 1 fully saturated rings. The van der Waals surface area contributed by atoms with Crippen molar-refractivity contribution in [2.75, 3.05) is 13.1 Å². The second-order valence-corrected chi connectivity index (χ2v) is 7.36. The Morgan fingerprint density at radius 2 is 1.23 bits per heavy atom. The predicted molar refractivity (Wildman–Crippen MR) is 64.3 cm³/mol. The molecule has 0 amide bonds. The Bertz CT molecular complexity index is 162. The summed E-state index contributed by atoms with van der Waals surface area (Å²) in [7, 11) is 0. The standard InChI is InChI=1S/C9H18Br2N2/c1-7(2)12-5-6-13(8(3)4)9(12,10)11/h7-8H,5-6H2,1-4H3. The lowest BCUT2D eigenvalue weighted by atomic mass is 10.3. The topological polar surface area (TPSA) is 6.48 Å². The van der Waals surface area contributed by atoms with E-state index >= 15 is 0 Å². The lowest BCUT2D eigenvalue weighted by Crippen LogP contribution is -2.48. The van der Waals surface area contributed by atoms with E-state index < -0.39 is 0 Å². The van der Waals surface area contributed by atoms with Gasteiger partial charge < -0.3 is 0 Å². The van der Waals surface area contributed by atoms with Gasteiger partial charge in [0.1, 0.15) is 0 Å². The molecular formula is C9H18Br2N2. The Balaban J connectivity index is 2.76. The van der Waals surface area contributed by atoms with Crippen LogP contribution in [0.2, 0.25) is 0 Å². The fourth-order valence-corrected chi connectivity index (χ4v) is 4.13. The van der Waals surface area contributed by atoms with E-state index in [1.807, 2.05) is 0 Å². The lowest BCUT2D eigenvalue weighted by molar-refractivity contribution is 0.143. The van der Waals surface area contributed by atoms with Crippen LogP contribution in [0.1, 0.15) is 27.7 Å². The molecule has 0 unspecified atom stereocenters. The maximum absolute atomic E-state index is 3.74. The van der Waals surface area contributed by atoms with E-state index in [0.717, 1.165) is 13.1 Å². The van der Waals surface area contributed by atoms with Crippen molar-refractivity contribution in [1.82, 2.24) is 9.80 Å². The van der Waals surface area contributed by atoms with Crippen molar-refractivity contribution in [2.45, 2.75) is 43.3 Å². The maximum Gasteiger partial charge on any atom is 0.189 e. The molecule has 1 saturated heterocycles. The molecule has 0 spiro atoms. The van der Waals surface area contributed by atoms with Crippen molar-refractivity contribution in [3.63, 3.8) is 0 Å². The largest absolute Gasteiger partial charge is 0.263 e. The smallest absolute Gasteiger partial charge is 0.189 e. The summed E-state index contributed by atoms with van der Waals surface area (Å²) in [5.41, 5.74) is 0. The highest BCUT2D eigenvalue weighted by Gasteiger charge is 2.45. The van der Waals surface area contributed by atoms with Crippen LogP contribution in [0.4, 0.5) is 0 Å². The number of halogens is 2. The molecule has 0 aromatic carbocycles. The molecule has 0 aliphatic carbocycles. The van der Waals surface area contributed by atoms with Gasteiger partial charge in [0.2, 0.25) is 0 Å². The molecule has 1 heterocycles. The first-order valence-electron chi connectivity index (χ1n) is 4.78. The Kier molecular flexibility index (Phi) is 3.83. The molecule has 1 aliphatic heterocycles. The number of nitrogens with zero attached hydrogens (tertiary/aromatic N) is 2. The van der Waals surface area contributed by atoms with Gasteiger partial charge in [-0.2, -0.15) is 0 Å². The van der Waals surface area contributed by atoms with Crippen molar-refractivity contribution in [1.29, 1.82) is 0 Å². The minimum absolute atomic E-state index is 0.137. The minimum atomic E-state index is -0.137. The average molecular weight is 314 g/mol. The first-order chi connectivity index (χ1) is 5.87. The van der Waals surface area contributed by atoms with E-state index in [9.17, 15) is 0 Å². The van der Waals surface area contributed by atoms with Crippen LogP contribution in [0.5, 0.6) is 0 Å². The molecule has 0 atom stereocenters. The molecule has 1 aliphatic rings. The highest BCUT2D eigenvalue weighted by molar-refractivity contribution is 9.25. The van der Waals surface area contributed by atoms with Crippen molar-refractivity contribution < 1.29 is 0 Å².